The lowest BCUT2D eigenvalue weighted by molar-refractivity contribution is -0.0560. The maximum atomic E-state index is 11.2. The molecule has 0 bridgehead atoms. The van der Waals surface area contributed by atoms with E-state index in [1.54, 1.807) is 0 Å². The fraction of sp³-hybridized carbons (Fsp3) is 0.926. The standard InChI is InChI=1S/C27H46O4S/c1-18(2)7-6-8-19(3)23-11-12-24-22-10-9-20-17-21(31-32(28,29)30)13-15-26(20,4)25(22)14-16-27(23,24)5/h9,18-19,21-25H,6-8,10-17H2,1-5H3,(H,28,29,30)/t19-,21+,22-,23-,24-,25+,26+,27-/m1/s1. The third-order valence-electron chi connectivity index (χ3n) is 10.5. The average Bonchev–Trinajstić information content (AvgIpc) is 3.04. The first-order valence-corrected chi connectivity index (χ1v) is 14.7. The maximum absolute atomic E-state index is 11.2. The Kier molecular flexibility index (Phi) is 6.95. The Morgan fingerprint density at radius 3 is 2.50 bits per heavy atom. The van der Waals surface area contributed by atoms with Gasteiger partial charge in [0.15, 0.2) is 0 Å². The van der Waals surface area contributed by atoms with E-state index in [4.69, 9.17) is 8.74 Å². The van der Waals surface area contributed by atoms with Gasteiger partial charge in [-0.15, -0.1) is 0 Å². The van der Waals surface area contributed by atoms with Crippen molar-refractivity contribution in [1.82, 2.24) is 0 Å². The predicted octanol–water partition coefficient (Wildman–Crippen LogP) is 7.22. The summed E-state index contributed by atoms with van der Waals surface area (Å²) in [6.07, 6.45) is 15.1. The molecule has 0 aromatic carbocycles. The van der Waals surface area contributed by atoms with Crippen LogP contribution in [0.4, 0.5) is 0 Å². The van der Waals surface area contributed by atoms with Crippen LogP contribution in [0.3, 0.4) is 0 Å². The topological polar surface area (TPSA) is 63.6 Å². The van der Waals surface area contributed by atoms with Crippen molar-refractivity contribution in [3.05, 3.63) is 11.6 Å². The van der Waals surface area contributed by atoms with Gasteiger partial charge < -0.3 is 0 Å². The number of allylic oxidation sites excluding steroid dienone is 1. The van der Waals surface area contributed by atoms with Gasteiger partial charge in [-0.2, -0.15) is 8.42 Å². The van der Waals surface area contributed by atoms with Crippen LogP contribution in [0.15, 0.2) is 11.6 Å². The Morgan fingerprint density at radius 2 is 1.81 bits per heavy atom. The van der Waals surface area contributed by atoms with Crippen LogP contribution >= 0.6 is 0 Å². The molecule has 0 radical (unpaired) electrons. The van der Waals surface area contributed by atoms with Gasteiger partial charge >= 0.3 is 10.4 Å². The fourth-order valence-corrected chi connectivity index (χ4v) is 9.41. The minimum Gasteiger partial charge on any atom is -0.264 e. The molecule has 1 N–H and O–H groups in total. The van der Waals surface area contributed by atoms with E-state index < -0.39 is 16.5 Å². The highest BCUT2D eigenvalue weighted by atomic mass is 32.3. The van der Waals surface area contributed by atoms with E-state index in [2.05, 4.69) is 40.7 Å². The molecule has 4 rings (SSSR count). The summed E-state index contributed by atoms with van der Waals surface area (Å²) in [6, 6.07) is 0. The molecule has 0 spiro atoms. The Labute approximate surface area is 196 Å². The van der Waals surface area contributed by atoms with E-state index in [-0.39, 0.29) is 5.41 Å². The van der Waals surface area contributed by atoms with E-state index >= 15 is 0 Å². The van der Waals surface area contributed by atoms with Crippen LogP contribution in [0, 0.1) is 46.3 Å². The Balaban J connectivity index is 1.47. The molecule has 0 aromatic heterocycles. The van der Waals surface area contributed by atoms with Gasteiger partial charge in [-0.05, 0) is 97.7 Å². The summed E-state index contributed by atoms with van der Waals surface area (Å²) in [5, 5.41) is 0. The molecule has 8 atom stereocenters. The third kappa shape index (κ3) is 4.60. The van der Waals surface area contributed by atoms with Gasteiger partial charge in [-0.1, -0.05) is 65.5 Å². The lowest BCUT2D eigenvalue weighted by Crippen LogP contribution is -2.51. The molecule has 4 aliphatic carbocycles. The molecule has 3 fully saturated rings. The van der Waals surface area contributed by atoms with Gasteiger partial charge in [0.2, 0.25) is 0 Å². The van der Waals surface area contributed by atoms with Gasteiger partial charge in [0, 0.05) is 0 Å². The van der Waals surface area contributed by atoms with Crippen molar-refractivity contribution >= 4 is 10.4 Å². The van der Waals surface area contributed by atoms with Crippen molar-refractivity contribution in [1.29, 1.82) is 0 Å². The summed E-state index contributed by atoms with van der Waals surface area (Å²) in [7, 11) is -4.38. The van der Waals surface area contributed by atoms with Crippen molar-refractivity contribution in [2.45, 2.75) is 111 Å². The summed E-state index contributed by atoms with van der Waals surface area (Å²) < 4.78 is 36.6. The zero-order valence-corrected chi connectivity index (χ0v) is 21.8. The van der Waals surface area contributed by atoms with Gasteiger partial charge in [-0.3, -0.25) is 4.55 Å². The summed E-state index contributed by atoms with van der Waals surface area (Å²) in [4.78, 5) is 0. The highest BCUT2D eigenvalue weighted by Crippen LogP contribution is 2.67. The van der Waals surface area contributed by atoms with Crippen LogP contribution in [0.5, 0.6) is 0 Å². The van der Waals surface area contributed by atoms with E-state index in [1.807, 2.05) is 0 Å². The maximum Gasteiger partial charge on any atom is 0.397 e. The summed E-state index contributed by atoms with van der Waals surface area (Å²) in [5.41, 5.74) is 2.05. The zero-order chi connectivity index (χ0) is 23.3. The highest BCUT2D eigenvalue weighted by molar-refractivity contribution is 7.80. The van der Waals surface area contributed by atoms with Crippen molar-refractivity contribution in [2.24, 2.45) is 46.3 Å². The molecule has 184 valence electrons. The van der Waals surface area contributed by atoms with Crippen LogP contribution in [-0.4, -0.2) is 19.1 Å². The summed E-state index contributed by atoms with van der Waals surface area (Å²) in [5.74, 6) is 4.83. The summed E-state index contributed by atoms with van der Waals surface area (Å²) >= 11 is 0. The first-order chi connectivity index (χ1) is 14.9. The second-order valence-electron chi connectivity index (χ2n) is 12.7. The van der Waals surface area contributed by atoms with Crippen LogP contribution in [0.25, 0.3) is 0 Å². The number of rotatable bonds is 7. The van der Waals surface area contributed by atoms with E-state index in [0.29, 0.717) is 24.2 Å². The van der Waals surface area contributed by atoms with Crippen molar-refractivity contribution < 1.29 is 17.2 Å². The van der Waals surface area contributed by atoms with Crippen LogP contribution in [0.2, 0.25) is 0 Å². The molecule has 4 nitrogen and oxygen atoms in total. The third-order valence-corrected chi connectivity index (χ3v) is 11.0. The van der Waals surface area contributed by atoms with Gasteiger partial charge in [-0.25, -0.2) is 4.18 Å². The minimum absolute atomic E-state index is 0.171. The minimum atomic E-state index is -4.38. The lowest BCUT2D eigenvalue weighted by atomic mass is 9.47. The Morgan fingerprint density at radius 1 is 1.06 bits per heavy atom. The smallest absolute Gasteiger partial charge is 0.264 e. The Hall–Kier alpha value is -0.390. The molecule has 5 heteroatoms. The average molecular weight is 467 g/mol. The van der Waals surface area contributed by atoms with Crippen molar-refractivity contribution in [2.75, 3.05) is 0 Å². The molecular formula is C27H46O4S. The molecule has 0 aromatic rings. The molecule has 4 aliphatic rings. The van der Waals surface area contributed by atoms with Crippen molar-refractivity contribution in [3.63, 3.8) is 0 Å². The molecule has 0 heterocycles. The van der Waals surface area contributed by atoms with E-state index in [0.717, 1.165) is 42.4 Å². The van der Waals surface area contributed by atoms with Gasteiger partial charge in [0.05, 0.1) is 6.10 Å². The second kappa shape index (κ2) is 9.00. The second-order valence-corrected chi connectivity index (χ2v) is 13.7. The van der Waals surface area contributed by atoms with E-state index in [9.17, 15) is 8.42 Å². The van der Waals surface area contributed by atoms with Crippen molar-refractivity contribution in [3.8, 4) is 0 Å². The van der Waals surface area contributed by atoms with Crippen LogP contribution in [-0.2, 0) is 14.6 Å². The fourth-order valence-electron chi connectivity index (χ4n) is 8.91. The Bertz CT molecular complexity index is 818. The number of hydrogen-bond donors (Lipinski definition) is 1. The van der Waals surface area contributed by atoms with Gasteiger partial charge in [0.1, 0.15) is 0 Å². The largest absolute Gasteiger partial charge is 0.397 e. The number of fused-ring (bicyclic) bond motifs is 5. The highest BCUT2D eigenvalue weighted by Gasteiger charge is 2.59. The van der Waals surface area contributed by atoms with Crippen LogP contribution in [0.1, 0.15) is 105 Å². The zero-order valence-electron chi connectivity index (χ0n) is 21.0. The summed E-state index contributed by atoms with van der Waals surface area (Å²) in [6.45, 7) is 12.3. The number of hydrogen-bond acceptors (Lipinski definition) is 3. The monoisotopic (exact) mass is 466 g/mol. The molecular weight excluding hydrogens is 420 g/mol. The first kappa shape index (κ1) is 24.7. The first-order valence-electron chi connectivity index (χ1n) is 13.3. The molecule has 0 unspecified atom stereocenters. The molecule has 0 aliphatic heterocycles. The normalized spacial score (nSPS) is 42.7. The lowest BCUT2D eigenvalue weighted by Gasteiger charge is -2.58. The molecule has 32 heavy (non-hydrogen) atoms. The quantitative estimate of drug-likeness (QED) is 0.318. The van der Waals surface area contributed by atoms with Crippen LogP contribution < -0.4 is 0 Å². The molecule has 3 saturated carbocycles. The molecule has 0 saturated heterocycles. The molecule has 0 amide bonds. The predicted molar refractivity (Wildman–Crippen MR) is 129 cm³/mol. The van der Waals surface area contributed by atoms with E-state index in [1.165, 1.54) is 50.5 Å². The van der Waals surface area contributed by atoms with Gasteiger partial charge in [0.25, 0.3) is 0 Å². The SMILES string of the molecule is CC(C)CCC[C@@H](C)[C@H]1CC[C@@H]2[C@H]3CC=C4C[C@@H](OS(=O)(=O)O)CC[C@]4(C)[C@H]3CC[C@@]21C.